The Balaban J connectivity index is 0.00000242. The molecule has 1 heterocycles. The van der Waals surface area contributed by atoms with E-state index in [1.165, 1.54) is 19.1 Å². The molecule has 1 aliphatic rings. The Kier molecular flexibility index (Phi) is 6.34. The number of benzene rings is 1. The highest BCUT2D eigenvalue weighted by atomic mass is 35.5. The van der Waals surface area contributed by atoms with Crippen LogP contribution in [0.15, 0.2) is 29.2 Å². The van der Waals surface area contributed by atoms with Crippen molar-refractivity contribution in [3.8, 4) is 0 Å². The number of sulfone groups is 1. The molecular formula is C14H20ClFN2O3S. The fourth-order valence-corrected chi connectivity index (χ4v) is 3.70. The van der Waals surface area contributed by atoms with Crippen LogP contribution >= 0.6 is 12.4 Å². The third-order valence-corrected chi connectivity index (χ3v) is 5.87. The van der Waals surface area contributed by atoms with Gasteiger partial charge in [0.05, 0.1) is 10.1 Å². The number of nitrogens with two attached hydrogens (primary N) is 1. The van der Waals surface area contributed by atoms with Crippen molar-refractivity contribution < 1.29 is 17.6 Å². The summed E-state index contributed by atoms with van der Waals surface area (Å²) in [4.78, 5) is 13.7. The average Bonchev–Trinajstić information content (AvgIpc) is 2.86. The molecule has 0 saturated carbocycles. The van der Waals surface area contributed by atoms with Crippen LogP contribution < -0.4 is 5.73 Å². The highest BCUT2D eigenvalue weighted by Gasteiger charge is 2.30. The van der Waals surface area contributed by atoms with Crippen LogP contribution in [0.25, 0.3) is 0 Å². The van der Waals surface area contributed by atoms with Crippen molar-refractivity contribution in [3.05, 3.63) is 30.1 Å². The van der Waals surface area contributed by atoms with Gasteiger partial charge in [-0.05, 0) is 37.6 Å². The van der Waals surface area contributed by atoms with Crippen molar-refractivity contribution in [1.82, 2.24) is 4.90 Å². The highest BCUT2D eigenvalue weighted by molar-refractivity contribution is 7.92. The lowest BCUT2D eigenvalue weighted by Crippen LogP contribution is -2.35. The van der Waals surface area contributed by atoms with Crippen molar-refractivity contribution in [2.45, 2.75) is 36.0 Å². The summed E-state index contributed by atoms with van der Waals surface area (Å²) in [6.45, 7) is 2.54. The van der Waals surface area contributed by atoms with Crippen molar-refractivity contribution in [2.24, 2.45) is 5.73 Å². The SMILES string of the molecule is CC(CC(=O)N1CC[C@@H](N)C1)S(=O)(=O)c1ccc(F)cc1.Cl. The molecule has 2 N–H and O–H groups in total. The molecule has 2 rings (SSSR count). The molecular weight excluding hydrogens is 331 g/mol. The number of rotatable bonds is 4. The van der Waals surface area contributed by atoms with Gasteiger partial charge in [0.15, 0.2) is 9.84 Å². The first-order valence-electron chi connectivity index (χ1n) is 6.83. The Morgan fingerprint density at radius 1 is 1.41 bits per heavy atom. The van der Waals surface area contributed by atoms with Crippen LogP contribution in [0.5, 0.6) is 0 Å². The summed E-state index contributed by atoms with van der Waals surface area (Å²) in [6, 6.07) is 4.61. The quantitative estimate of drug-likeness (QED) is 0.831. The molecule has 1 aliphatic heterocycles. The zero-order chi connectivity index (χ0) is 15.6. The third kappa shape index (κ3) is 4.18. The van der Waals surface area contributed by atoms with E-state index in [0.717, 1.165) is 18.6 Å². The van der Waals surface area contributed by atoms with Crippen LogP contribution in [0.3, 0.4) is 0 Å². The normalized spacial score (nSPS) is 19.6. The Morgan fingerprint density at radius 2 is 2.00 bits per heavy atom. The number of nitrogens with zero attached hydrogens (tertiary/aromatic N) is 1. The van der Waals surface area contributed by atoms with E-state index < -0.39 is 20.9 Å². The zero-order valence-corrected chi connectivity index (χ0v) is 13.9. The van der Waals surface area contributed by atoms with Gasteiger partial charge < -0.3 is 10.6 Å². The molecule has 1 amide bonds. The minimum atomic E-state index is -3.64. The Labute approximate surface area is 136 Å². The van der Waals surface area contributed by atoms with Gasteiger partial charge in [-0.3, -0.25) is 4.79 Å². The number of halogens is 2. The highest BCUT2D eigenvalue weighted by Crippen LogP contribution is 2.20. The fraction of sp³-hybridized carbons (Fsp3) is 0.500. The van der Waals surface area contributed by atoms with Gasteiger partial charge in [0.1, 0.15) is 5.82 Å². The van der Waals surface area contributed by atoms with Gasteiger partial charge in [-0.25, -0.2) is 12.8 Å². The first-order valence-corrected chi connectivity index (χ1v) is 8.38. The van der Waals surface area contributed by atoms with Crippen LogP contribution in [0.4, 0.5) is 4.39 Å². The standard InChI is InChI=1S/C14H19FN2O3S.ClH/c1-10(8-14(18)17-7-6-12(16)9-17)21(19,20)13-4-2-11(15)3-5-13;/h2-5,10,12H,6-9,16H2,1H3;1H/t10?,12-;/m1./s1. The molecule has 0 aliphatic carbocycles. The lowest BCUT2D eigenvalue weighted by Gasteiger charge is -2.19. The van der Waals surface area contributed by atoms with E-state index in [0.29, 0.717) is 13.1 Å². The van der Waals surface area contributed by atoms with Gasteiger partial charge >= 0.3 is 0 Å². The first-order chi connectivity index (χ1) is 9.80. The van der Waals surface area contributed by atoms with Crippen LogP contribution in [-0.4, -0.2) is 43.6 Å². The molecule has 22 heavy (non-hydrogen) atoms. The van der Waals surface area contributed by atoms with Crippen LogP contribution in [0.2, 0.25) is 0 Å². The molecule has 1 unspecified atom stereocenters. The number of amides is 1. The van der Waals surface area contributed by atoms with E-state index in [2.05, 4.69) is 0 Å². The van der Waals surface area contributed by atoms with Crippen molar-refractivity contribution in [3.63, 3.8) is 0 Å². The van der Waals surface area contributed by atoms with Crippen LogP contribution in [0, 0.1) is 5.82 Å². The monoisotopic (exact) mass is 350 g/mol. The molecule has 8 heteroatoms. The van der Waals surface area contributed by atoms with E-state index in [-0.39, 0.29) is 35.7 Å². The number of carbonyl (C=O) groups is 1. The molecule has 1 fully saturated rings. The van der Waals surface area contributed by atoms with E-state index in [4.69, 9.17) is 5.73 Å². The maximum atomic E-state index is 12.9. The number of carbonyl (C=O) groups excluding carboxylic acids is 1. The van der Waals surface area contributed by atoms with Gasteiger partial charge in [-0.15, -0.1) is 12.4 Å². The molecule has 2 atom stereocenters. The predicted octanol–water partition coefficient (Wildman–Crippen LogP) is 1.36. The molecule has 0 radical (unpaired) electrons. The predicted molar refractivity (Wildman–Crippen MR) is 84.1 cm³/mol. The summed E-state index contributed by atoms with van der Waals surface area (Å²) >= 11 is 0. The average molecular weight is 351 g/mol. The second-order valence-corrected chi connectivity index (χ2v) is 7.77. The summed E-state index contributed by atoms with van der Waals surface area (Å²) in [5.74, 6) is -0.704. The van der Waals surface area contributed by atoms with Crippen molar-refractivity contribution in [1.29, 1.82) is 0 Å². The van der Waals surface area contributed by atoms with Gasteiger partial charge in [-0.2, -0.15) is 0 Å². The van der Waals surface area contributed by atoms with E-state index in [9.17, 15) is 17.6 Å². The molecule has 1 aromatic rings. The Hall–Kier alpha value is -1.18. The van der Waals surface area contributed by atoms with Gasteiger partial charge in [0.25, 0.3) is 0 Å². The summed E-state index contributed by atoms with van der Waals surface area (Å²) in [5, 5.41) is -0.854. The maximum absolute atomic E-state index is 12.9. The zero-order valence-electron chi connectivity index (χ0n) is 12.2. The van der Waals surface area contributed by atoms with Crippen molar-refractivity contribution >= 4 is 28.2 Å². The molecule has 0 bridgehead atoms. The summed E-state index contributed by atoms with van der Waals surface area (Å²) in [6.07, 6.45) is 0.650. The van der Waals surface area contributed by atoms with Gasteiger partial charge in [-0.1, -0.05) is 0 Å². The third-order valence-electron chi connectivity index (χ3n) is 3.71. The van der Waals surface area contributed by atoms with Gasteiger partial charge in [0, 0.05) is 25.6 Å². The molecule has 1 aromatic carbocycles. The van der Waals surface area contributed by atoms with E-state index in [1.54, 1.807) is 4.90 Å². The van der Waals surface area contributed by atoms with Crippen LogP contribution in [0.1, 0.15) is 19.8 Å². The summed E-state index contributed by atoms with van der Waals surface area (Å²) in [7, 11) is -3.64. The molecule has 124 valence electrons. The van der Waals surface area contributed by atoms with Crippen molar-refractivity contribution in [2.75, 3.05) is 13.1 Å². The maximum Gasteiger partial charge on any atom is 0.223 e. The Morgan fingerprint density at radius 3 is 2.50 bits per heavy atom. The fourth-order valence-electron chi connectivity index (χ4n) is 2.36. The lowest BCUT2D eigenvalue weighted by molar-refractivity contribution is -0.130. The smallest absolute Gasteiger partial charge is 0.223 e. The largest absolute Gasteiger partial charge is 0.341 e. The van der Waals surface area contributed by atoms with Gasteiger partial charge in [0.2, 0.25) is 5.91 Å². The lowest BCUT2D eigenvalue weighted by atomic mass is 10.3. The molecule has 5 nitrogen and oxygen atoms in total. The summed E-state index contributed by atoms with van der Waals surface area (Å²) < 4.78 is 37.5. The second-order valence-electron chi connectivity index (χ2n) is 5.40. The molecule has 1 saturated heterocycles. The van der Waals surface area contributed by atoms with E-state index in [1.807, 2.05) is 0 Å². The second kappa shape index (κ2) is 7.39. The number of likely N-dealkylation sites (tertiary alicyclic amines) is 1. The molecule has 0 aromatic heterocycles. The summed E-state index contributed by atoms with van der Waals surface area (Å²) in [5.41, 5.74) is 5.74. The first kappa shape index (κ1) is 18.9. The number of hydrogen-bond acceptors (Lipinski definition) is 4. The molecule has 0 spiro atoms. The topological polar surface area (TPSA) is 80.5 Å². The minimum Gasteiger partial charge on any atom is -0.341 e. The van der Waals surface area contributed by atoms with E-state index >= 15 is 0 Å². The minimum absolute atomic E-state index is 0. The van der Waals surface area contributed by atoms with Crippen LogP contribution in [-0.2, 0) is 14.6 Å². The Bertz CT molecular complexity index is 621. The number of hydrogen-bond donors (Lipinski definition) is 1.